The minimum atomic E-state index is -4.26. The summed E-state index contributed by atoms with van der Waals surface area (Å²) in [6.07, 6.45) is 34.7. The fourth-order valence-corrected chi connectivity index (χ4v) is 3.99. The molecule has 0 spiro atoms. The largest absolute Gasteiger partial charge is 0.472 e. The maximum Gasteiger partial charge on any atom is 0.472 e. The second-order valence-electron chi connectivity index (χ2n) is 9.23. The number of esters is 1. The van der Waals surface area contributed by atoms with E-state index >= 15 is 0 Å². The Labute approximate surface area is 248 Å². The van der Waals surface area contributed by atoms with Crippen LogP contribution in [-0.2, 0) is 27.9 Å². The molecule has 0 saturated heterocycles. The molecule has 0 aliphatic heterocycles. The van der Waals surface area contributed by atoms with Gasteiger partial charge in [0.05, 0.1) is 19.8 Å². The van der Waals surface area contributed by atoms with Crippen LogP contribution in [0.3, 0.4) is 0 Å². The molecule has 8 nitrogen and oxygen atoms in total. The van der Waals surface area contributed by atoms with Gasteiger partial charge in [-0.3, -0.25) is 13.8 Å². The fourth-order valence-electron chi connectivity index (χ4n) is 3.22. The molecule has 0 saturated carbocycles. The molecule has 41 heavy (non-hydrogen) atoms. The van der Waals surface area contributed by atoms with Crippen molar-refractivity contribution in [2.75, 3.05) is 33.0 Å². The summed E-state index contributed by atoms with van der Waals surface area (Å²) < 4.78 is 32.5. The van der Waals surface area contributed by atoms with Gasteiger partial charge in [0.25, 0.3) is 0 Å². The van der Waals surface area contributed by atoms with Crippen molar-refractivity contribution in [1.29, 1.82) is 0 Å². The van der Waals surface area contributed by atoms with Crippen LogP contribution < -0.4 is 5.73 Å². The van der Waals surface area contributed by atoms with Gasteiger partial charge in [-0.1, -0.05) is 93.2 Å². The summed E-state index contributed by atoms with van der Waals surface area (Å²) in [5, 5.41) is 0. The van der Waals surface area contributed by atoms with Gasteiger partial charge >= 0.3 is 13.8 Å². The first-order valence-corrected chi connectivity index (χ1v) is 16.4. The van der Waals surface area contributed by atoms with E-state index in [1.165, 1.54) is 0 Å². The number of hydrogen-bond donors (Lipinski definition) is 2. The quantitative estimate of drug-likeness (QED) is 0.0430. The molecule has 3 N–H and O–H groups in total. The molecule has 0 aliphatic rings. The predicted octanol–water partition coefficient (Wildman–Crippen LogP) is 7.68. The van der Waals surface area contributed by atoms with Crippen molar-refractivity contribution in [1.82, 2.24) is 0 Å². The Bertz CT molecular complexity index is 849. The second kappa shape index (κ2) is 29.4. The Morgan fingerprint density at radius 1 is 0.756 bits per heavy atom. The van der Waals surface area contributed by atoms with Crippen LogP contribution in [0.2, 0.25) is 0 Å². The molecule has 2 unspecified atom stereocenters. The van der Waals surface area contributed by atoms with E-state index in [-0.39, 0.29) is 32.8 Å². The number of carbonyl (C=O) groups excluding carboxylic acids is 1. The van der Waals surface area contributed by atoms with Crippen molar-refractivity contribution < 1.29 is 32.8 Å². The summed E-state index contributed by atoms with van der Waals surface area (Å²) >= 11 is 0. The zero-order valence-corrected chi connectivity index (χ0v) is 26.1. The molecule has 0 aliphatic carbocycles. The average molecular weight is 596 g/mol. The van der Waals surface area contributed by atoms with Gasteiger partial charge in [0.2, 0.25) is 0 Å². The summed E-state index contributed by atoms with van der Waals surface area (Å²) in [6, 6.07) is 0. The first-order chi connectivity index (χ1) is 19.9. The van der Waals surface area contributed by atoms with Crippen molar-refractivity contribution in [2.24, 2.45) is 5.73 Å². The van der Waals surface area contributed by atoms with Gasteiger partial charge in [-0.15, -0.1) is 0 Å². The zero-order valence-electron chi connectivity index (χ0n) is 25.2. The SMILES string of the molecule is CC/C=C\C/C=C\C/C=C\C/C=C\C/C=C\C/C=C\CCCOCC(COP(=O)(O)OCCN)OC(=O)CCCC. The van der Waals surface area contributed by atoms with E-state index in [9.17, 15) is 14.3 Å². The van der Waals surface area contributed by atoms with Crippen LogP contribution in [0.5, 0.6) is 0 Å². The highest BCUT2D eigenvalue weighted by atomic mass is 31.2. The van der Waals surface area contributed by atoms with Crippen molar-refractivity contribution in [3.05, 3.63) is 72.9 Å². The van der Waals surface area contributed by atoms with Crippen LogP contribution >= 0.6 is 7.82 Å². The zero-order chi connectivity index (χ0) is 30.3. The molecule has 0 bridgehead atoms. The summed E-state index contributed by atoms with van der Waals surface area (Å²) in [4.78, 5) is 21.7. The van der Waals surface area contributed by atoms with Crippen LogP contribution in [0.15, 0.2) is 72.9 Å². The standard InChI is InChI=1S/C32H54NO7P/c1-3-5-7-8-9-10-11-12-13-14-15-16-17-18-19-20-21-22-23-24-27-37-29-31(40-32(34)25-6-4-2)30-39-41(35,36)38-28-26-33/h5,7,9-10,12-13,15-16,18-19,21-22,31H,3-4,6,8,11,14,17,20,23-30,33H2,1-2H3,(H,35,36)/b7-5-,10-9-,13-12-,16-15-,19-18-,22-21-. The van der Waals surface area contributed by atoms with Gasteiger partial charge in [0.15, 0.2) is 0 Å². The number of unbranched alkanes of at least 4 members (excludes halogenated alkanes) is 2. The molecule has 0 amide bonds. The molecule has 9 heteroatoms. The summed E-state index contributed by atoms with van der Waals surface area (Å²) in [6.45, 7) is 4.33. The monoisotopic (exact) mass is 595 g/mol. The van der Waals surface area contributed by atoms with Crippen LogP contribution in [-0.4, -0.2) is 49.9 Å². The normalized spacial score (nSPS) is 14.9. The third-order valence-corrected chi connectivity index (χ3v) is 6.37. The average Bonchev–Trinajstić information content (AvgIpc) is 2.96. The van der Waals surface area contributed by atoms with Crippen LogP contribution in [0.4, 0.5) is 0 Å². The topological polar surface area (TPSA) is 117 Å². The third-order valence-electron chi connectivity index (χ3n) is 5.39. The predicted molar refractivity (Wildman–Crippen MR) is 168 cm³/mol. The lowest BCUT2D eigenvalue weighted by Gasteiger charge is -2.19. The van der Waals surface area contributed by atoms with Gasteiger partial charge in [-0.25, -0.2) is 4.57 Å². The molecular formula is C32H54NO7P. The Morgan fingerprint density at radius 2 is 1.29 bits per heavy atom. The van der Waals surface area contributed by atoms with E-state index in [2.05, 4.69) is 79.8 Å². The molecule has 0 heterocycles. The van der Waals surface area contributed by atoms with Gasteiger partial charge in [-0.05, 0) is 57.8 Å². The number of phosphoric ester groups is 1. The molecule has 0 aromatic carbocycles. The number of hydrogen-bond acceptors (Lipinski definition) is 7. The number of nitrogens with two attached hydrogens (primary N) is 1. The minimum Gasteiger partial charge on any atom is -0.457 e. The van der Waals surface area contributed by atoms with Crippen molar-refractivity contribution in [3.63, 3.8) is 0 Å². The number of allylic oxidation sites excluding steroid dienone is 12. The Kier molecular flexibility index (Phi) is 28.0. The smallest absolute Gasteiger partial charge is 0.457 e. The molecule has 2 atom stereocenters. The number of rotatable bonds is 27. The molecule has 0 aromatic rings. The van der Waals surface area contributed by atoms with Crippen LogP contribution in [0.25, 0.3) is 0 Å². The minimum absolute atomic E-state index is 0.0680. The molecule has 0 rings (SSSR count). The van der Waals surface area contributed by atoms with E-state index in [0.717, 1.165) is 57.8 Å². The Hall–Kier alpha value is -2.06. The highest BCUT2D eigenvalue weighted by molar-refractivity contribution is 7.47. The van der Waals surface area contributed by atoms with Gasteiger partial charge < -0.3 is 20.1 Å². The van der Waals surface area contributed by atoms with E-state index in [4.69, 9.17) is 24.3 Å². The second-order valence-corrected chi connectivity index (χ2v) is 10.7. The van der Waals surface area contributed by atoms with Crippen LogP contribution in [0, 0.1) is 0 Å². The van der Waals surface area contributed by atoms with Gasteiger partial charge in [0.1, 0.15) is 6.10 Å². The number of carbonyl (C=O) groups is 1. The Balaban J connectivity index is 4.04. The van der Waals surface area contributed by atoms with Crippen molar-refractivity contribution in [2.45, 2.75) is 90.6 Å². The number of ether oxygens (including phenoxy) is 2. The summed E-state index contributed by atoms with van der Waals surface area (Å²) in [5.41, 5.74) is 5.28. The van der Waals surface area contributed by atoms with Gasteiger partial charge in [-0.2, -0.15) is 0 Å². The lowest BCUT2D eigenvalue weighted by Crippen LogP contribution is -2.28. The van der Waals surface area contributed by atoms with E-state index in [1.54, 1.807) is 0 Å². The molecule has 234 valence electrons. The van der Waals surface area contributed by atoms with Gasteiger partial charge in [0, 0.05) is 19.6 Å². The Morgan fingerprint density at radius 3 is 1.80 bits per heavy atom. The first-order valence-electron chi connectivity index (χ1n) is 14.9. The molecular weight excluding hydrogens is 541 g/mol. The lowest BCUT2D eigenvalue weighted by molar-refractivity contribution is -0.154. The van der Waals surface area contributed by atoms with Crippen LogP contribution in [0.1, 0.15) is 84.5 Å². The third kappa shape index (κ3) is 29.2. The molecule has 0 fully saturated rings. The highest BCUT2D eigenvalue weighted by Crippen LogP contribution is 2.43. The van der Waals surface area contributed by atoms with Crippen molar-refractivity contribution >= 4 is 13.8 Å². The highest BCUT2D eigenvalue weighted by Gasteiger charge is 2.25. The number of phosphoric acid groups is 1. The maximum absolute atomic E-state index is 12.0. The van der Waals surface area contributed by atoms with E-state index in [1.807, 2.05) is 6.92 Å². The summed E-state index contributed by atoms with van der Waals surface area (Å²) in [7, 11) is -4.26. The molecule has 0 aromatic heterocycles. The summed E-state index contributed by atoms with van der Waals surface area (Å²) in [5.74, 6) is -0.391. The van der Waals surface area contributed by atoms with E-state index in [0.29, 0.717) is 13.0 Å². The van der Waals surface area contributed by atoms with E-state index < -0.39 is 19.9 Å². The first kappa shape index (κ1) is 38.9. The lowest BCUT2D eigenvalue weighted by atomic mass is 10.2. The fraction of sp³-hybridized carbons (Fsp3) is 0.594. The van der Waals surface area contributed by atoms with Crippen molar-refractivity contribution in [3.8, 4) is 0 Å². The maximum atomic E-state index is 12.0. The molecule has 0 radical (unpaired) electrons.